The molecule has 1 atom stereocenters. The van der Waals surface area contributed by atoms with E-state index in [2.05, 4.69) is 0 Å². The van der Waals surface area contributed by atoms with Crippen molar-refractivity contribution in [2.45, 2.75) is 25.4 Å². The lowest BCUT2D eigenvalue weighted by Gasteiger charge is -2.30. The molecule has 0 amide bonds. The zero-order chi connectivity index (χ0) is 26.3. The first-order valence-corrected chi connectivity index (χ1v) is 11.6. The van der Waals surface area contributed by atoms with Gasteiger partial charge in [0.25, 0.3) is 0 Å². The fraction of sp³-hybridized carbons (Fsp3) is 0.138. The Morgan fingerprint density at radius 2 is 1.22 bits per heavy atom. The third-order valence-corrected chi connectivity index (χ3v) is 6.61. The van der Waals surface area contributed by atoms with E-state index in [1.54, 1.807) is 6.07 Å². The topological polar surface area (TPSA) is 148 Å². The number of carbonyl (C=O) groups excluding carboxylic acids is 1. The number of hydrogen-bond acceptors (Lipinski definition) is 8. The number of aromatic hydroxyl groups is 6. The van der Waals surface area contributed by atoms with Crippen molar-refractivity contribution in [1.82, 2.24) is 0 Å². The number of phenols is 6. The minimum atomic E-state index is -0.669. The van der Waals surface area contributed by atoms with Crippen molar-refractivity contribution in [3.63, 3.8) is 0 Å². The van der Waals surface area contributed by atoms with Gasteiger partial charge in [0.05, 0.1) is 6.42 Å². The summed E-state index contributed by atoms with van der Waals surface area (Å²) in [4.78, 5) is 13.4. The number of benzene rings is 4. The van der Waals surface area contributed by atoms with Gasteiger partial charge in [0.1, 0.15) is 28.9 Å². The summed E-state index contributed by atoms with van der Waals surface area (Å²) in [5.74, 6) is -2.85. The van der Waals surface area contributed by atoms with E-state index in [1.807, 2.05) is 30.3 Å². The summed E-state index contributed by atoms with van der Waals surface area (Å²) in [5.41, 5.74) is 1.16. The lowest BCUT2D eigenvalue weighted by Crippen LogP contribution is -2.22. The molecule has 0 unspecified atom stereocenters. The van der Waals surface area contributed by atoms with E-state index < -0.39 is 34.9 Å². The van der Waals surface area contributed by atoms with E-state index in [1.165, 1.54) is 30.3 Å². The van der Waals surface area contributed by atoms with E-state index >= 15 is 0 Å². The Morgan fingerprint density at radius 1 is 0.649 bits per heavy atom. The second-order valence-electron chi connectivity index (χ2n) is 8.93. The number of ether oxygens (including phenoxy) is 1. The van der Waals surface area contributed by atoms with Crippen LogP contribution in [0.15, 0.2) is 66.7 Å². The maximum absolute atomic E-state index is 13.4. The largest absolute Gasteiger partial charge is 0.507 e. The van der Waals surface area contributed by atoms with Gasteiger partial charge in [-0.25, -0.2) is 0 Å². The van der Waals surface area contributed by atoms with Crippen LogP contribution in [-0.4, -0.2) is 36.4 Å². The van der Waals surface area contributed by atoms with E-state index in [0.717, 1.165) is 5.56 Å². The smallest absolute Gasteiger partial charge is 0.174 e. The molecule has 4 aromatic rings. The number of hydrogen-bond donors (Lipinski definition) is 6. The molecule has 8 heteroatoms. The van der Waals surface area contributed by atoms with Crippen LogP contribution in [0.4, 0.5) is 0 Å². The third-order valence-electron chi connectivity index (χ3n) is 6.61. The van der Waals surface area contributed by atoms with Crippen molar-refractivity contribution in [3.05, 3.63) is 100 Å². The maximum atomic E-state index is 13.4. The lowest BCUT2D eigenvalue weighted by molar-refractivity contribution is 0.0842. The molecule has 8 nitrogen and oxygen atoms in total. The molecule has 0 spiro atoms. The van der Waals surface area contributed by atoms with Gasteiger partial charge in [0.2, 0.25) is 0 Å². The highest BCUT2D eigenvalue weighted by Crippen LogP contribution is 2.50. The van der Waals surface area contributed by atoms with Crippen molar-refractivity contribution >= 4 is 5.78 Å². The minimum Gasteiger partial charge on any atom is -0.507 e. The first-order valence-electron chi connectivity index (χ1n) is 11.6. The van der Waals surface area contributed by atoms with Crippen molar-refractivity contribution < 1.29 is 40.2 Å². The number of phenolic OH excluding ortho intramolecular Hbond substituents is 6. The van der Waals surface area contributed by atoms with Crippen LogP contribution in [0, 0.1) is 0 Å². The molecule has 1 aliphatic rings. The van der Waals surface area contributed by atoms with Crippen LogP contribution in [0.5, 0.6) is 40.2 Å². The van der Waals surface area contributed by atoms with Crippen LogP contribution in [0.2, 0.25) is 0 Å². The first-order chi connectivity index (χ1) is 17.8. The van der Waals surface area contributed by atoms with Crippen molar-refractivity contribution in [3.8, 4) is 40.2 Å². The zero-order valence-corrected chi connectivity index (χ0v) is 19.5. The van der Waals surface area contributed by atoms with Gasteiger partial charge in [0.15, 0.2) is 28.8 Å². The quantitative estimate of drug-likeness (QED) is 0.214. The highest BCUT2D eigenvalue weighted by molar-refractivity contribution is 6.04. The Labute approximate surface area is 211 Å². The van der Waals surface area contributed by atoms with Gasteiger partial charge in [-0.05, 0) is 17.7 Å². The molecule has 4 aromatic carbocycles. The average molecular weight is 501 g/mol. The number of para-hydroxylation sites is 2. The summed E-state index contributed by atoms with van der Waals surface area (Å²) in [5, 5.41) is 63.1. The van der Waals surface area contributed by atoms with E-state index in [4.69, 9.17) is 4.74 Å². The maximum Gasteiger partial charge on any atom is 0.174 e. The molecule has 0 saturated heterocycles. The van der Waals surface area contributed by atoms with Crippen LogP contribution < -0.4 is 4.74 Å². The molecule has 0 aromatic heterocycles. The molecule has 0 saturated carbocycles. The van der Waals surface area contributed by atoms with Gasteiger partial charge in [-0.3, -0.25) is 4.79 Å². The predicted octanol–water partition coefficient (Wildman–Crippen LogP) is 4.81. The van der Waals surface area contributed by atoms with E-state index in [0.29, 0.717) is 0 Å². The highest BCUT2D eigenvalue weighted by atomic mass is 16.5. The van der Waals surface area contributed by atoms with E-state index in [-0.39, 0.29) is 64.3 Å². The molecule has 37 heavy (non-hydrogen) atoms. The first kappa shape index (κ1) is 23.9. The second kappa shape index (κ2) is 9.31. The number of rotatable bonds is 5. The molecular weight excluding hydrogens is 476 g/mol. The molecule has 0 radical (unpaired) electrons. The molecule has 188 valence electrons. The number of fused-ring (bicyclic) bond motifs is 1. The molecular formula is C29H24O8. The van der Waals surface area contributed by atoms with Gasteiger partial charge in [0, 0.05) is 35.1 Å². The van der Waals surface area contributed by atoms with Crippen molar-refractivity contribution in [1.29, 1.82) is 0 Å². The Kier molecular flexibility index (Phi) is 6.01. The van der Waals surface area contributed by atoms with E-state index in [9.17, 15) is 35.4 Å². The van der Waals surface area contributed by atoms with Crippen molar-refractivity contribution in [2.24, 2.45) is 0 Å². The van der Waals surface area contributed by atoms with Gasteiger partial charge < -0.3 is 35.4 Å². The average Bonchev–Trinajstić information content (AvgIpc) is 2.89. The monoisotopic (exact) mass is 500 g/mol. The molecule has 6 N–H and O–H groups in total. The zero-order valence-electron chi connectivity index (χ0n) is 19.5. The van der Waals surface area contributed by atoms with Crippen LogP contribution in [0.1, 0.15) is 50.7 Å². The van der Waals surface area contributed by atoms with Crippen LogP contribution in [0.25, 0.3) is 0 Å². The normalized spacial score (nSPS) is 14.7. The highest BCUT2D eigenvalue weighted by Gasteiger charge is 2.36. The standard InChI is InChI=1S/C29H24O8/c30-20-10-4-8-16(25(20)33)12-18-27(35)19(13-17-9-5-11-21(31)26(17)34)29-24(28(18)36)22(32)14-23(37-29)15-6-2-1-3-7-15/h1-11,23,30-31,33-36H,12-14H2/t23-/m1/s1. The molecule has 5 rings (SSSR count). The van der Waals surface area contributed by atoms with Crippen molar-refractivity contribution in [2.75, 3.05) is 0 Å². The predicted molar refractivity (Wildman–Crippen MR) is 134 cm³/mol. The minimum absolute atomic E-state index is 0.0215. The summed E-state index contributed by atoms with van der Waals surface area (Å²) < 4.78 is 6.20. The second-order valence-corrected chi connectivity index (χ2v) is 8.93. The van der Waals surface area contributed by atoms with Gasteiger partial charge in [-0.15, -0.1) is 0 Å². The summed E-state index contributed by atoms with van der Waals surface area (Å²) in [6, 6.07) is 17.8. The summed E-state index contributed by atoms with van der Waals surface area (Å²) >= 11 is 0. The Morgan fingerprint density at radius 3 is 1.81 bits per heavy atom. The Balaban J connectivity index is 1.70. The molecule has 1 aliphatic heterocycles. The summed E-state index contributed by atoms with van der Waals surface area (Å²) in [6.45, 7) is 0. The van der Waals surface area contributed by atoms with Gasteiger partial charge >= 0.3 is 0 Å². The number of Topliss-reactive ketones (excluding diaryl/α,β-unsaturated/α-hetero) is 1. The fourth-order valence-electron chi connectivity index (χ4n) is 4.66. The van der Waals surface area contributed by atoms with Crippen LogP contribution in [0.3, 0.4) is 0 Å². The third kappa shape index (κ3) is 4.23. The number of ketones is 1. The molecule has 0 bridgehead atoms. The molecule has 0 fully saturated rings. The van der Waals surface area contributed by atoms with Gasteiger partial charge in [-0.2, -0.15) is 0 Å². The van der Waals surface area contributed by atoms with Gasteiger partial charge in [-0.1, -0.05) is 54.6 Å². The number of carbonyl (C=O) groups is 1. The fourth-order valence-corrected chi connectivity index (χ4v) is 4.66. The SMILES string of the molecule is O=C1C[C@H](c2ccccc2)Oc2c(Cc3cccc(O)c3O)c(O)c(Cc3cccc(O)c3O)c(O)c21. The lowest BCUT2D eigenvalue weighted by atomic mass is 9.87. The summed E-state index contributed by atoms with van der Waals surface area (Å²) in [6.07, 6.45) is -1.07. The Bertz CT molecular complexity index is 1510. The van der Waals surface area contributed by atoms with Crippen LogP contribution >= 0.6 is 0 Å². The molecule has 1 heterocycles. The van der Waals surface area contributed by atoms with Crippen LogP contribution in [-0.2, 0) is 12.8 Å². The Hall–Kier alpha value is -4.85. The summed E-state index contributed by atoms with van der Waals surface area (Å²) in [7, 11) is 0. The molecule has 0 aliphatic carbocycles.